The van der Waals surface area contributed by atoms with Crippen LogP contribution in [0.1, 0.15) is 34.1 Å². The average Bonchev–Trinajstić information content (AvgIpc) is 3.28. The molecule has 0 bridgehead atoms. The number of benzene rings is 2. The van der Waals surface area contributed by atoms with Crippen LogP contribution in [0.3, 0.4) is 0 Å². The number of nitrogens with zero attached hydrogens (tertiary/aromatic N) is 3. The highest BCUT2D eigenvalue weighted by molar-refractivity contribution is 5.99. The molecule has 0 aliphatic carbocycles. The largest absolute Gasteiger partial charge is 0.485 e. The third kappa shape index (κ3) is 3.66. The Kier molecular flexibility index (Phi) is 5.70. The summed E-state index contributed by atoms with van der Waals surface area (Å²) in [5.74, 6) is 0.870. The van der Waals surface area contributed by atoms with Crippen molar-refractivity contribution >= 4 is 24.0 Å². The van der Waals surface area contributed by atoms with Crippen molar-refractivity contribution in [1.82, 2.24) is 14.3 Å². The first-order valence-corrected chi connectivity index (χ1v) is 10.2. The van der Waals surface area contributed by atoms with Crippen LogP contribution in [-0.4, -0.2) is 26.7 Å². The zero-order valence-corrected chi connectivity index (χ0v) is 18.4. The number of ether oxygens (including phenoxy) is 1. The van der Waals surface area contributed by atoms with Gasteiger partial charge in [0.25, 0.3) is 5.91 Å². The number of aromatic nitrogens is 2. The van der Waals surface area contributed by atoms with Gasteiger partial charge in [0, 0.05) is 30.4 Å². The summed E-state index contributed by atoms with van der Waals surface area (Å²) < 4.78 is 8.17. The van der Waals surface area contributed by atoms with Gasteiger partial charge in [-0.1, -0.05) is 36.4 Å². The first-order valence-electron chi connectivity index (χ1n) is 10.2. The molecule has 0 N–H and O–H groups in total. The molecule has 0 atom stereocenters. The lowest BCUT2D eigenvalue weighted by Crippen LogP contribution is -2.22. The number of hydrogen-bond donors (Lipinski definition) is 0. The minimum Gasteiger partial charge on any atom is -0.485 e. The van der Waals surface area contributed by atoms with Gasteiger partial charge in [0.1, 0.15) is 6.61 Å². The zero-order valence-electron chi connectivity index (χ0n) is 17.5. The minimum atomic E-state index is 0. The molecular formula is C25H24ClN3O2. The van der Waals surface area contributed by atoms with Crippen LogP contribution in [0.4, 0.5) is 0 Å². The molecule has 2 aromatic carbocycles. The fraction of sp³-hybridized carbons (Fsp3) is 0.200. The Morgan fingerprint density at radius 2 is 1.87 bits per heavy atom. The highest BCUT2D eigenvalue weighted by atomic mass is 35.5. The van der Waals surface area contributed by atoms with Crippen molar-refractivity contribution in [1.29, 1.82) is 0 Å². The number of halogens is 1. The summed E-state index contributed by atoms with van der Waals surface area (Å²) in [4.78, 5) is 19.1. The Morgan fingerprint density at radius 3 is 2.65 bits per heavy atom. The van der Waals surface area contributed by atoms with Crippen LogP contribution >= 0.6 is 12.4 Å². The second-order valence-electron chi connectivity index (χ2n) is 7.58. The lowest BCUT2D eigenvalue weighted by molar-refractivity contribution is 0.0787. The van der Waals surface area contributed by atoms with Gasteiger partial charge in [0.05, 0.1) is 11.4 Å². The highest BCUT2D eigenvalue weighted by Gasteiger charge is 2.27. The van der Waals surface area contributed by atoms with Crippen LogP contribution in [-0.2, 0) is 13.2 Å². The van der Waals surface area contributed by atoms with E-state index in [-0.39, 0.29) is 18.3 Å². The molecule has 0 fully saturated rings. The topological polar surface area (TPSA) is 46.8 Å². The van der Waals surface area contributed by atoms with E-state index in [4.69, 9.17) is 9.72 Å². The fourth-order valence-electron chi connectivity index (χ4n) is 4.14. The molecular weight excluding hydrogens is 410 g/mol. The first kappa shape index (κ1) is 20.9. The molecule has 31 heavy (non-hydrogen) atoms. The molecule has 0 unspecified atom stereocenters. The molecule has 158 valence electrons. The number of imidazole rings is 1. The standard InChI is InChI=1S/C25H23N3O2.ClH/c1-3-27-15-20-14-19(11-12-21(20)25(27)29)23-17(2)26-24-22(10-7-13-28(23)24)30-16-18-8-5-4-6-9-18;/h4-14H,3,15-16H2,1-2H3;1H. The van der Waals surface area contributed by atoms with Gasteiger partial charge in [-0.3, -0.25) is 9.20 Å². The van der Waals surface area contributed by atoms with Crippen LogP contribution in [0.5, 0.6) is 5.75 Å². The molecule has 4 aromatic rings. The summed E-state index contributed by atoms with van der Waals surface area (Å²) in [5, 5.41) is 0. The molecule has 6 heteroatoms. The van der Waals surface area contributed by atoms with E-state index in [9.17, 15) is 4.79 Å². The Labute approximate surface area is 187 Å². The van der Waals surface area contributed by atoms with Crippen molar-refractivity contribution in [2.24, 2.45) is 0 Å². The summed E-state index contributed by atoms with van der Waals surface area (Å²) >= 11 is 0. The van der Waals surface area contributed by atoms with E-state index in [2.05, 4.69) is 10.5 Å². The van der Waals surface area contributed by atoms with Gasteiger partial charge in [-0.05, 0) is 49.2 Å². The van der Waals surface area contributed by atoms with Crippen LogP contribution in [0.2, 0.25) is 0 Å². The lowest BCUT2D eigenvalue weighted by Gasteiger charge is -2.10. The summed E-state index contributed by atoms with van der Waals surface area (Å²) in [7, 11) is 0. The quantitative estimate of drug-likeness (QED) is 0.430. The van der Waals surface area contributed by atoms with Crippen molar-refractivity contribution in [3.05, 3.63) is 89.2 Å². The molecule has 3 heterocycles. The Hall–Kier alpha value is -3.31. The summed E-state index contributed by atoms with van der Waals surface area (Å²) in [5.41, 5.74) is 6.82. The maximum Gasteiger partial charge on any atom is 0.254 e. The number of aryl methyl sites for hydroxylation is 1. The van der Waals surface area contributed by atoms with Crippen molar-refractivity contribution < 1.29 is 9.53 Å². The van der Waals surface area contributed by atoms with Gasteiger partial charge >= 0.3 is 0 Å². The highest BCUT2D eigenvalue weighted by Crippen LogP contribution is 2.32. The van der Waals surface area contributed by atoms with Gasteiger partial charge in [-0.2, -0.15) is 0 Å². The van der Waals surface area contributed by atoms with Gasteiger partial charge < -0.3 is 9.64 Å². The second kappa shape index (κ2) is 8.44. The van der Waals surface area contributed by atoms with E-state index in [0.717, 1.165) is 51.6 Å². The second-order valence-corrected chi connectivity index (χ2v) is 7.58. The number of amides is 1. The first-order chi connectivity index (χ1) is 14.7. The molecule has 0 radical (unpaired) electrons. The smallest absolute Gasteiger partial charge is 0.254 e. The summed E-state index contributed by atoms with van der Waals surface area (Å²) in [6.45, 7) is 5.91. The van der Waals surface area contributed by atoms with E-state index >= 15 is 0 Å². The Balaban J connectivity index is 0.00000231. The average molecular weight is 434 g/mol. The number of carbonyl (C=O) groups is 1. The summed E-state index contributed by atoms with van der Waals surface area (Å²) in [6.07, 6.45) is 2.01. The van der Waals surface area contributed by atoms with Gasteiger partial charge in [0.2, 0.25) is 0 Å². The van der Waals surface area contributed by atoms with Gasteiger partial charge in [-0.25, -0.2) is 4.98 Å². The SMILES string of the molecule is CCN1Cc2cc(-c3c(C)nc4c(OCc5ccccc5)cccn34)ccc2C1=O.Cl. The predicted molar refractivity (Wildman–Crippen MR) is 124 cm³/mol. The molecule has 1 amide bonds. The van der Waals surface area contributed by atoms with Crippen LogP contribution in [0.25, 0.3) is 16.9 Å². The normalized spacial score (nSPS) is 12.7. The number of hydrogen-bond acceptors (Lipinski definition) is 3. The minimum absolute atomic E-state index is 0. The lowest BCUT2D eigenvalue weighted by atomic mass is 10.0. The third-order valence-corrected chi connectivity index (χ3v) is 5.66. The molecule has 1 aliphatic rings. The maximum absolute atomic E-state index is 12.4. The molecule has 2 aromatic heterocycles. The molecule has 0 saturated carbocycles. The van der Waals surface area contributed by atoms with Crippen molar-refractivity contribution in [2.45, 2.75) is 27.0 Å². The third-order valence-electron chi connectivity index (χ3n) is 5.66. The molecule has 5 nitrogen and oxygen atoms in total. The Morgan fingerprint density at radius 1 is 1.06 bits per heavy atom. The number of pyridine rings is 1. The van der Waals surface area contributed by atoms with Crippen molar-refractivity contribution in [3.8, 4) is 17.0 Å². The molecule has 0 spiro atoms. The van der Waals surface area contributed by atoms with Crippen LogP contribution < -0.4 is 4.74 Å². The van der Waals surface area contributed by atoms with Gasteiger partial charge in [-0.15, -0.1) is 12.4 Å². The summed E-state index contributed by atoms with van der Waals surface area (Å²) in [6, 6.07) is 20.1. The maximum atomic E-state index is 12.4. The molecule has 1 aliphatic heterocycles. The van der Waals surface area contributed by atoms with Crippen molar-refractivity contribution in [3.63, 3.8) is 0 Å². The predicted octanol–water partition coefficient (Wildman–Crippen LogP) is 5.29. The zero-order chi connectivity index (χ0) is 20.7. The van der Waals surface area contributed by atoms with Crippen LogP contribution in [0.15, 0.2) is 66.9 Å². The molecule has 5 rings (SSSR count). The van der Waals surface area contributed by atoms with E-state index in [1.807, 2.05) is 79.5 Å². The Bertz CT molecular complexity index is 1250. The number of fused-ring (bicyclic) bond motifs is 2. The van der Waals surface area contributed by atoms with Gasteiger partial charge in [0.15, 0.2) is 11.4 Å². The van der Waals surface area contributed by atoms with E-state index in [1.54, 1.807) is 0 Å². The van der Waals surface area contributed by atoms with E-state index in [0.29, 0.717) is 13.2 Å². The fourth-order valence-corrected chi connectivity index (χ4v) is 4.14. The number of rotatable bonds is 5. The molecule has 0 saturated heterocycles. The van der Waals surface area contributed by atoms with E-state index < -0.39 is 0 Å². The number of carbonyl (C=O) groups excluding carboxylic acids is 1. The van der Waals surface area contributed by atoms with E-state index in [1.165, 1.54) is 0 Å². The van der Waals surface area contributed by atoms with Crippen molar-refractivity contribution in [2.75, 3.05) is 6.54 Å². The van der Waals surface area contributed by atoms with Crippen LogP contribution in [0, 0.1) is 6.92 Å². The monoisotopic (exact) mass is 433 g/mol.